The molecule has 32 heavy (non-hydrogen) atoms. The second-order valence-corrected chi connectivity index (χ2v) is 15.4. The summed E-state index contributed by atoms with van der Waals surface area (Å²) < 4.78 is 5.85. The number of unbranched alkanes of at least 4 members (excludes halogenated alkanes) is 1. The van der Waals surface area contributed by atoms with E-state index < -0.39 is 19.2 Å². The summed E-state index contributed by atoms with van der Waals surface area (Å²) in [6, 6.07) is 10.6. The van der Waals surface area contributed by atoms with Crippen LogP contribution < -0.4 is 5.19 Å². The Morgan fingerprint density at radius 3 is 2.50 bits per heavy atom. The van der Waals surface area contributed by atoms with E-state index in [9.17, 15) is 9.59 Å². The highest BCUT2D eigenvalue weighted by molar-refractivity contribution is 6.95. The van der Waals surface area contributed by atoms with Crippen molar-refractivity contribution in [3.8, 4) is 0 Å². The maximum absolute atomic E-state index is 13.4. The highest BCUT2D eigenvalue weighted by atomic mass is 28.3. The van der Waals surface area contributed by atoms with Crippen molar-refractivity contribution in [3.63, 3.8) is 0 Å². The van der Waals surface area contributed by atoms with Gasteiger partial charge in [0.2, 0.25) is 0 Å². The number of benzene rings is 1. The standard InChI is InChI=1S/C27H39NO3Si/c1-8-9-16-27-17-15-21(29)18-24(27)23(19-28(27)25(30)31-26(3,4)5)20(2)32(6,7)22-13-11-10-12-14-22/h10-15,17,23-24H,2,8-9,16,18-19H2,1,3-7H3/t23-,24+,27+/m0/s1. The number of fused-ring (bicyclic) bond motifs is 1. The Bertz CT molecular complexity index is 899. The van der Waals surface area contributed by atoms with Crippen LogP contribution in [0.3, 0.4) is 0 Å². The third kappa shape index (κ3) is 4.63. The van der Waals surface area contributed by atoms with Crippen molar-refractivity contribution < 1.29 is 14.3 Å². The fourth-order valence-electron chi connectivity index (χ4n) is 5.38. The van der Waals surface area contributed by atoms with E-state index >= 15 is 0 Å². The van der Waals surface area contributed by atoms with Crippen LogP contribution in [0.25, 0.3) is 0 Å². The second kappa shape index (κ2) is 9.01. The first-order valence-corrected chi connectivity index (χ1v) is 14.9. The highest BCUT2D eigenvalue weighted by Crippen LogP contribution is 2.51. The van der Waals surface area contributed by atoms with Crippen LogP contribution in [0.5, 0.6) is 0 Å². The first kappa shape index (κ1) is 24.5. The molecule has 0 spiro atoms. The summed E-state index contributed by atoms with van der Waals surface area (Å²) in [5.74, 6) is 0.266. The van der Waals surface area contributed by atoms with E-state index in [1.165, 1.54) is 10.4 Å². The van der Waals surface area contributed by atoms with Crippen LogP contribution >= 0.6 is 0 Å². The zero-order valence-electron chi connectivity index (χ0n) is 20.6. The molecule has 2 aliphatic rings. The van der Waals surface area contributed by atoms with Crippen LogP contribution in [0, 0.1) is 11.8 Å². The smallest absolute Gasteiger partial charge is 0.411 e. The molecule has 1 aromatic rings. The van der Waals surface area contributed by atoms with Gasteiger partial charge in [-0.1, -0.05) is 79.7 Å². The molecule has 1 amide bonds. The van der Waals surface area contributed by atoms with Crippen molar-refractivity contribution in [2.24, 2.45) is 11.8 Å². The van der Waals surface area contributed by atoms with Crippen molar-refractivity contribution in [1.82, 2.24) is 4.90 Å². The van der Waals surface area contributed by atoms with Crippen molar-refractivity contribution in [2.75, 3.05) is 6.54 Å². The van der Waals surface area contributed by atoms with Crippen LogP contribution in [0.2, 0.25) is 13.1 Å². The molecule has 1 heterocycles. The molecule has 0 saturated carbocycles. The second-order valence-electron chi connectivity index (χ2n) is 10.9. The van der Waals surface area contributed by atoms with Crippen LogP contribution in [0.1, 0.15) is 53.4 Å². The number of nitrogens with zero attached hydrogens (tertiary/aromatic N) is 1. The van der Waals surface area contributed by atoms with Gasteiger partial charge in [0, 0.05) is 18.9 Å². The molecule has 1 aromatic carbocycles. The summed E-state index contributed by atoms with van der Waals surface area (Å²) in [6.45, 7) is 17.7. The monoisotopic (exact) mass is 453 g/mol. The maximum atomic E-state index is 13.4. The number of hydrogen-bond donors (Lipinski definition) is 0. The molecule has 3 rings (SSSR count). The van der Waals surface area contributed by atoms with Gasteiger partial charge in [-0.15, -0.1) is 6.58 Å². The number of rotatable bonds is 6. The number of amides is 1. The topological polar surface area (TPSA) is 46.6 Å². The minimum atomic E-state index is -2.03. The molecule has 1 aliphatic carbocycles. The molecule has 1 saturated heterocycles. The molecule has 3 atom stereocenters. The fourth-order valence-corrected chi connectivity index (χ4v) is 7.99. The third-order valence-corrected chi connectivity index (χ3v) is 11.0. The lowest BCUT2D eigenvalue weighted by Gasteiger charge is -2.43. The van der Waals surface area contributed by atoms with Gasteiger partial charge in [0.05, 0.1) is 5.54 Å². The van der Waals surface area contributed by atoms with E-state index in [2.05, 4.69) is 50.9 Å². The largest absolute Gasteiger partial charge is 0.444 e. The molecule has 4 nitrogen and oxygen atoms in total. The van der Waals surface area contributed by atoms with Crippen LogP contribution in [-0.2, 0) is 9.53 Å². The van der Waals surface area contributed by atoms with Gasteiger partial charge >= 0.3 is 6.09 Å². The van der Waals surface area contributed by atoms with Gasteiger partial charge in [-0.2, -0.15) is 0 Å². The van der Waals surface area contributed by atoms with Crippen molar-refractivity contribution >= 4 is 25.1 Å². The SMILES string of the molecule is C=C([C@@H]1CN(C(=O)OC(C)(C)C)[C@]2(CCCC)C=CC(=O)C[C@H]12)[Si](C)(C)c1ccccc1. The summed E-state index contributed by atoms with van der Waals surface area (Å²) in [7, 11) is -2.03. The summed E-state index contributed by atoms with van der Waals surface area (Å²) >= 11 is 0. The summed E-state index contributed by atoms with van der Waals surface area (Å²) in [6.07, 6.45) is 6.74. The van der Waals surface area contributed by atoms with Gasteiger partial charge in [0.25, 0.3) is 0 Å². The fraction of sp³-hybridized carbons (Fsp3) is 0.556. The van der Waals surface area contributed by atoms with Gasteiger partial charge in [0.15, 0.2) is 5.78 Å². The van der Waals surface area contributed by atoms with Crippen LogP contribution in [-0.4, -0.2) is 42.5 Å². The molecular formula is C27H39NO3Si. The molecule has 0 N–H and O–H groups in total. The first-order chi connectivity index (χ1) is 14.9. The van der Waals surface area contributed by atoms with Gasteiger partial charge in [-0.3, -0.25) is 9.69 Å². The van der Waals surface area contributed by atoms with E-state index in [0.29, 0.717) is 13.0 Å². The van der Waals surface area contributed by atoms with E-state index in [0.717, 1.165) is 19.3 Å². The Kier molecular flexibility index (Phi) is 6.90. The van der Waals surface area contributed by atoms with Crippen molar-refractivity contribution in [3.05, 3.63) is 54.3 Å². The Hall–Kier alpha value is -2.14. The Labute approximate surface area is 194 Å². The minimum absolute atomic E-state index is 0.0436. The average molecular weight is 454 g/mol. The third-order valence-electron chi connectivity index (χ3n) is 7.28. The lowest BCUT2D eigenvalue weighted by molar-refractivity contribution is -0.117. The van der Waals surface area contributed by atoms with E-state index in [1.807, 2.05) is 37.8 Å². The van der Waals surface area contributed by atoms with Crippen LogP contribution in [0.4, 0.5) is 4.79 Å². The summed E-state index contributed by atoms with van der Waals surface area (Å²) in [5.41, 5.74) is -1.05. The molecule has 174 valence electrons. The Morgan fingerprint density at radius 2 is 1.91 bits per heavy atom. The number of allylic oxidation sites excluding steroid dienone is 1. The normalized spacial score (nSPS) is 25.6. The number of carbonyl (C=O) groups excluding carboxylic acids is 2. The lowest BCUT2D eigenvalue weighted by atomic mass is 9.71. The lowest BCUT2D eigenvalue weighted by Crippen LogP contribution is -2.52. The maximum Gasteiger partial charge on any atom is 0.411 e. The summed E-state index contributed by atoms with van der Waals surface area (Å²) in [5, 5.41) is 2.54. The van der Waals surface area contributed by atoms with E-state index in [1.54, 1.807) is 6.08 Å². The van der Waals surface area contributed by atoms with Crippen molar-refractivity contribution in [2.45, 2.75) is 77.6 Å². The molecule has 0 bridgehead atoms. The highest BCUT2D eigenvalue weighted by Gasteiger charge is 2.58. The van der Waals surface area contributed by atoms with E-state index in [-0.39, 0.29) is 23.7 Å². The quantitative estimate of drug-likeness (QED) is 0.524. The van der Waals surface area contributed by atoms with E-state index in [4.69, 9.17) is 4.74 Å². The molecule has 1 fully saturated rings. The molecular weight excluding hydrogens is 414 g/mol. The molecule has 0 aromatic heterocycles. The predicted molar refractivity (Wildman–Crippen MR) is 134 cm³/mol. The number of likely N-dealkylation sites (tertiary alicyclic amines) is 1. The number of ether oxygens (including phenoxy) is 1. The van der Waals surface area contributed by atoms with Gasteiger partial charge in [0.1, 0.15) is 13.7 Å². The zero-order valence-corrected chi connectivity index (χ0v) is 21.6. The average Bonchev–Trinajstić information content (AvgIpc) is 3.05. The molecule has 0 unspecified atom stereocenters. The van der Waals surface area contributed by atoms with Gasteiger partial charge < -0.3 is 4.74 Å². The Balaban J connectivity index is 2.04. The predicted octanol–water partition coefficient (Wildman–Crippen LogP) is 5.64. The first-order valence-electron chi connectivity index (χ1n) is 11.9. The molecule has 5 heteroatoms. The zero-order chi connectivity index (χ0) is 23.7. The molecule has 0 radical (unpaired) electrons. The van der Waals surface area contributed by atoms with Gasteiger partial charge in [-0.05, 0) is 39.2 Å². The summed E-state index contributed by atoms with van der Waals surface area (Å²) in [4.78, 5) is 27.9. The van der Waals surface area contributed by atoms with Crippen LogP contribution in [0.15, 0.2) is 54.3 Å². The number of hydrogen-bond acceptors (Lipinski definition) is 3. The molecule has 1 aliphatic heterocycles. The Morgan fingerprint density at radius 1 is 1.25 bits per heavy atom. The number of carbonyl (C=O) groups is 2. The minimum Gasteiger partial charge on any atom is -0.444 e. The van der Waals surface area contributed by atoms with Crippen molar-refractivity contribution in [1.29, 1.82) is 0 Å². The van der Waals surface area contributed by atoms with Gasteiger partial charge in [-0.25, -0.2) is 4.79 Å². The number of ketones is 1.